The fourth-order valence-electron chi connectivity index (χ4n) is 1.06. The van der Waals surface area contributed by atoms with Crippen molar-refractivity contribution in [2.45, 2.75) is 31.1 Å². The summed E-state index contributed by atoms with van der Waals surface area (Å²) < 4.78 is 17.4. The van der Waals surface area contributed by atoms with E-state index in [1.165, 1.54) is 0 Å². The van der Waals surface area contributed by atoms with Crippen molar-refractivity contribution in [2.75, 3.05) is 6.61 Å². The summed E-state index contributed by atoms with van der Waals surface area (Å²) in [4.78, 5) is 0. The van der Waals surface area contributed by atoms with E-state index < -0.39 is 31.3 Å². The third-order valence-corrected chi connectivity index (χ3v) is 1.68. The average Bonchev–Trinajstić information content (AvgIpc) is 1.96. The second-order valence-corrected chi connectivity index (χ2v) is 2.56. The molecule has 0 aliphatic carbocycles. The molecule has 1 saturated heterocycles. The number of aliphatic hydroxyl groups is 3. The molecule has 0 radical (unpaired) electrons. The second-order valence-electron chi connectivity index (χ2n) is 2.56. The molecule has 1 rings (SSSR count). The molecule has 11 heavy (non-hydrogen) atoms. The molecule has 0 bridgehead atoms. The van der Waals surface area contributed by atoms with Gasteiger partial charge in [-0.25, -0.2) is 4.39 Å². The van der Waals surface area contributed by atoms with Crippen molar-refractivity contribution in [1.29, 1.82) is 0 Å². The van der Waals surface area contributed by atoms with Crippen LogP contribution >= 0.6 is 0 Å². The zero-order chi connectivity index (χ0) is 8.43. The van der Waals surface area contributed by atoms with E-state index in [1.807, 2.05) is 0 Å². The Labute approximate surface area is 63.2 Å². The first-order chi connectivity index (χ1) is 5.15. The molecule has 1 aliphatic rings. The molecule has 4 nitrogen and oxygen atoms in total. The Bertz CT molecular complexity index is 132. The SMILES string of the molecule is OC[C@H]1OC(O)C[C@@H](O)[C@@H]1F. The largest absolute Gasteiger partial charge is 0.394 e. The first-order valence-electron chi connectivity index (χ1n) is 3.41. The number of alkyl halides is 1. The lowest BCUT2D eigenvalue weighted by atomic mass is 10.0. The van der Waals surface area contributed by atoms with Gasteiger partial charge in [0.2, 0.25) is 0 Å². The maximum Gasteiger partial charge on any atom is 0.157 e. The van der Waals surface area contributed by atoms with E-state index in [0.29, 0.717) is 0 Å². The fraction of sp³-hybridized carbons (Fsp3) is 1.00. The van der Waals surface area contributed by atoms with E-state index >= 15 is 0 Å². The van der Waals surface area contributed by atoms with Crippen LogP contribution in [0.2, 0.25) is 0 Å². The Kier molecular flexibility index (Phi) is 2.78. The zero-order valence-electron chi connectivity index (χ0n) is 5.85. The Morgan fingerprint density at radius 2 is 2.09 bits per heavy atom. The summed E-state index contributed by atoms with van der Waals surface area (Å²) in [6.07, 6.45) is -5.26. The van der Waals surface area contributed by atoms with E-state index in [0.717, 1.165) is 0 Å². The smallest absolute Gasteiger partial charge is 0.157 e. The van der Waals surface area contributed by atoms with Crippen LogP contribution in [0.3, 0.4) is 0 Å². The van der Waals surface area contributed by atoms with E-state index in [9.17, 15) is 4.39 Å². The monoisotopic (exact) mass is 166 g/mol. The molecule has 3 N–H and O–H groups in total. The first kappa shape index (κ1) is 8.86. The maximum absolute atomic E-state index is 12.8. The minimum absolute atomic E-state index is 0.141. The quantitative estimate of drug-likeness (QED) is 0.457. The highest BCUT2D eigenvalue weighted by atomic mass is 19.1. The van der Waals surface area contributed by atoms with Gasteiger partial charge in [-0.1, -0.05) is 0 Å². The molecule has 1 fully saturated rings. The number of ether oxygens (including phenoxy) is 1. The molecule has 1 heterocycles. The molecule has 1 aliphatic heterocycles. The van der Waals surface area contributed by atoms with Crippen LogP contribution in [0.1, 0.15) is 6.42 Å². The lowest BCUT2D eigenvalue weighted by Gasteiger charge is -2.32. The van der Waals surface area contributed by atoms with Crippen molar-refractivity contribution >= 4 is 0 Å². The van der Waals surface area contributed by atoms with Crippen molar-refractivity contribution in [2.24, 2.45) is 0 Å². The summed E-state index contributed by atoms with van der Waals surface area (Å²) in [6.45, 7) is -0.532. The Morgan fingerprint density at radius 1 is 1.45 bits per heavy atom. The molecule has 0 aromatic rings. The predicted molar refractivity (Wildman–Crippen MR) is 33.5 cm³/mol. The number of hydrogen-bond acceptors (Lipinski definition) is 4. The second kappa shape index (κ2) is 3.44. The minimum atomic E-state index is -1.61. The third-order valence-electron chi connectivity index (χ3n) is 1.68. The van der Waals surface area contributed by atoms with Gasteiger partial charge in [-0.15, -0.1) is 0 Å². The minimum Gasteiger partial charge on any atom is -0.394 e. The van der Waals surface area contributed by atoms with Gasteiger partial charge >= 0.3 is 0 Å². The lowest BCUT2D eigenvalue weighted by Crippen LogP contribution is -2.47. The van der Waals surface area contributed by atoms with Gasteiger partial charge in [0.25, 0.3) is 0 Å². The molecule has 5 heteroatoms. The zero-order valence-corrected chi connectivity index (χ0v) is 5.85. The molecule has 0 spiro atoms. The summed E-state index contributed by atoms with van der Waals surface area (Å²) in [5.74, 6) is 0. The van der Waals surface area contributed by atoms with Crippen LogP contribution < -0.4 is 0 Å². The molecule has 1 unspecified atom stereocenters. The summed E-state index contributed by atoms with van der Waals surface area (Å²) in [5.41, 5.74) is 0. The highest BCUT2D eigenvalue weighted by molar-refractivity contribution is 4.81. The summed E-state index contributed by atoms with van der Waals surface area (Å²) in [5, 5.41) is 26.3. The van der Waals surface area contributed by atoms with Gasteiger partial charge in [-0.05, 0) is 0 Å². The first-order valence-corrected chi connectivity index (χ1v) is 3.41. The third kappa shape index (κ3) is 1.87. The fourth-order valence-corrected chi connectivity index (χ4v) is 1.06. The maximum atomic E-state index is 12.8. The molecular weight excluding hydrogens is 155 g/mol. The van der Waals surface area contributed by atoms with E-state index in [2.05, 4.69) is 4.74 Å². The van der Waals surface area contributed by atoms with Crippen LogP contribution in [-0.4, -0.2) is 46.6 Å². The standard InChI is InChI=1S/C6H11FO4/c7-6-3(9)1-5(10)11-4(6)2-8/h3-6,8-10H,1-2H2/t3-,4-,5?,6+/m1/s1. The predicted octanol–water partition coefficient (Wildman–Crippen LogP) is -1.22. The van der Waals surface area contributed by atoms with Crippen LogP contribution in [-0.2, 0) is 4.74 Å². The van der Waals surface area contributed by atoms with Crippen LogP contribution in [0.4, 0.5) is 4.39 Å². The Morgan fingerprint density at radius 3 is 2.64 bits per heavy atom. The van der Waals surface area contributed by atoms with Crippen molar-refractivity contribution in [3.8, 4) is 0 Å². The molecule has 66 valence electrons. The summed E-state index contributed by atoms with van der Waals surface area (Å²) in [7, 11) is 0. The number of hydrogen-bond donors (Lipinski definition) is 3. The van der Waals surface area contributed by atoms with Gasteiger partial charge in [0, 0.05) is 6.42 Å². The Balaban J connectivity index is 2.51. The topological polar surface area (TPSA) is 69.9 Å². The lowest BCUT2D eigenvalue weighted by molar-refractivity contribution is -0.224. The summed E-state index contributed by atoms with van der Waals surface area (Å²) >= 11 is 0. The normalized spacial score (nSPS) is 45.8. The van der Waals surface area contributed by atoms with Crippen LogP contribution in [0.5, 0.6) is 0 Å². The summed E-state index contributed by atoms with van der Waals surface area (Å²) in [6, 6.07) is 0. The highest BCUT2D eigenvalue weighted by Gasteiger charge is 2.36. The molecular formula is C6H11FO4. The van der Waals surface area contributed by atoms with Crippen LogP contribution in [0.15, 0.2) is 0 Å². The van der Waals surface area contributed by atoms with Gasteiger partial charge in [-0.2, -0.15) is 0 Å². The van der Waals surface area contributed by atoms with Crippen molar-refractivity contribution in [1.82, 2.24) is 0 Å². The van der Waals surface area contributed by atoms with Crippen LogP contribution in [0.25, 0.3) is 0 Å². The van der Waals surface area contributed by atoms with Crippen LogP contribution in [0, 0.1) is 0 Å². The van der Waals surface area contributed by atoms with Gasteiger partial charge in [0.1, 0.15) is 6.10 Å². The van der Waals surface area contributed by atoms with Gasteiger partial charge in [0.15, 0.2) is 12.5 Å². The van der Waals surface area contributed by atoms with Gasteiger partial charge < -0.3 is 20.1 Å². The van der Waals surface area contributed by atoms with Gasteiger partial charge in [0.05, 0.1) is 12.7 Å². The molecule has 0 aromatic heterocycles. The van der Waals surface area contributed by atoms with Crippen molar-refractivity contribution in [3.63, 3.8) is 0 Å². The number of aliphatic hydroxyl groups excluding tert-OH is 3. The van der Waals surface area contributed by atoms with Gasteiger partial charge in [-0.3, -0.25) is 0 Å². The molecule has 4 atom stereocenters. The van der Waals surface area contributed by atoms with E-state index in [-0.39, 0.29) is 6.42 Å². The van der Waals surface area contributed by atoms with Crippen molar-refractivity contribution in [3.05, 3.63) is 0 Å². The Hall–Kier alpha value is -0.230. The molecule has 0 saturated carbocycles. The molecule has 0 amide bonds. The number of halogens is 1. The highest BCUT2D eigenvalue weighted by Crippen LogP contribution is 2.20. The van der Waals surface area contributed by atoms with Crippen molar-refractivity contribution < 1.29 is 24.4 Å². The molecule has 0 aromatic carbocycles. The average molecular weight is 166 g/mol. The van der Waals surface area contributed by atoms with E-state index in [4.69, 9.17) is 15.3 Å². The van der Waals surface area contributed by atoms with E-state index in [1.54, 1.807) is 0 Å². The number of rotatable bonds is 1.